The molecule has 1 aliphatic rings. The third-order valence-corrected chi connectivity index (χ3v) is 3.07. The summed E-state index contributed by atoms with van der Waals surface area (Å²) in [6.07, 6.45) is -0.183. The van der Waals surface area contributed by atoms with Crippen molar-refractivity contribution in [3.63, 3.8) is 0 Å². The molecule has 0 aromatic heterocycles. The molecule has 5 heteroatoms. The zero-order chi connectivity index (χ0) is 14.0. The van der Waals surface area contributed by atoms with Gasteiger partial charge in [0.15, 0.2) is 5.79 Å². The number of hydrogen-bond acceptors (Lipinski definition) is 5. The van der Waals surface area contributed by atoms with Gasteiger partial charge in [0.1, 0.15) is 0 Å². The van der Waals surface area contributed by atoms with Gasteiger partial charge in [0.25, 0.3) is 0 Å². The van der Waals surface area contributed by atoms with Gasteiger partial charge in [-0.05, 0) is 34.6 Å². The second kappa shape index (κ2) is 5.84. The fourth-order valence-corrected chi connectivity index (χ4v) is 2.23. The van der Waals surface area contributed by atoms with Gasteiger partial charge in [-0.3, -0.25) is 0 Å². The molecule has 1 aliphatic heterocycles. The van der Waals surface area contributed by atoms with Crippen molar-refractivity contribution < 1.29 is 19.3 Å². The average Bonchev–Trinajstić information content (AvgIpc) is 2.54. The van der Waals surface area contributed by atoms with Gasteiger partial charge in [-0.1, -0.05) is 0 Å². The van der Waals surface area contributed by atoms with Gasteiger partial charge in [0, 0.05) is 13.0 Å². The van der Waals surface area contributed by atoms with Gasteiger partial charge in [-0.25, -0.2) is 0 Å². The second-order valence-corrected chi connectivity index (χ2v) is 6.04. The van der Waals surface area contributed by atoms with E-state index in [1.165, 1.54) is 0 Å². The lowest BCUT2D eigenvalue weighted by molar-refractivity contribution is -0.157. The van der Waals surface area contributed by atoms with Crippen molar-refractivity contribution in [2.75, 3.05) is 13.2 Å². The van der Waals surface area contributed by atoms with Gasteiger partial charge in [0.05, 0.1) is 30.5 Å². The van der Waals surface area contributed by atoms with Gasteiger partial charge in [0.2, 0.25) is 0 Å². The van der Waals surface area contributed by atoms with Gasteiger partial charge in [-0.2, -0.15) is 0 Å². The molecule has 0 saturated carbocycles. The molecule has 0 aromatic rings. The van der Waals surface area contributed by atoms with E-state index in [1.54, 1.807) is 0 Å². The van der Waals surface area contributed by atoms with Crippen LogP contribution in [-0.2, 0) is 14.2 Å². The average molecular weight is 261 g/mol. The lowest BCUT2D eigenvalue weighted by atomic mass is 10.00. The number of hydrogen-bond donors (Lipinski definition) is 2. The summed E-state index contributed by atoms with van der Waals surface area (Å²) in [5.41, 5.74) is 5.03. The molecule has 0 bridgehead atoms. The molecular formula is C13H27NO4. The van der Waals surface area contributed by atoms with Crippen LogP contribution in [-0.4, -0.2) is 48.0 Å². The number of aliphatic hydroxyl groups excluding tert-OH is 1. The number of ether oxygens (including phenoxy) is 3. The Morgan fingerprint density at radius 2 is 2.11 bits per heavy atom. The van der Waals surface area contributed by atoms with Crippen molar-refractivity contribution in [3.05, 3.63) is 0 Å². The number of aliphatic hydroxyl groups is 1. The van der Waals surface area contributed by atoms with E-state index < -0.39 is 11.9 Å². The van der Waals surface area contributed by atoms with E-state index in [9.17, 15) is 5.11 Å². The summed E-state index contributed by atoms with van der Waals surface area (Å²) < 4.78 is 17.1. The molecule has 3 N–H and O–H groups in total. The molecule has 18 heavy (non-hydrogen) atoms. The first-order chi connectivity index (χ1) is 8.15. The first-order valence-electron chi connectivity index (χ1n) is 6.53. The summed E-state index contributed by atoms with van der Waals surface area (Å²) in [4.78, 5) is 0. The SMILES string of the molecule is C[C@H](OC(C)(C)C[C@H]1COC(C)(C)O1)[C@@H](O)CN. The Morgan fingerprint density at radius 1 is 1.50 bits per heavy atom. The van der Waals surface area contributed by atoms with Crippen LogP contribution < -0.4 is 5.73 Å². The lowest BCUT2D eigenvalue weighted by Gasteiger charge is -2.33. The standard InChI is InChI=1S/C13H27NO4/c1-9(11(15)7-14)17-12(2,3)6-10-8-16-13(4,5)18-10/h9-11,15H,6-8,14H2,1-5H3/t9-,10-,11-/m0/s1. The van der Waals surface area contributed by atoms with Crippen molar-refractivity contribution in [2.45, 2.75) is 70.7 Å². The van der Waals surface area contributed by atoms with Crippen molar-refractivity contribution >= 4 is 0 Å². The van der Waals surface area contributed by atoms with Crippen LogP contribution in [0.2, 0.25) is 0 Å². The molecule has 108 valence electrons. The van der Waals surface area contributed by atoms with E-state index in [0.717, 1.165) is 6.42 Å². The van der Waals surface area contributed by atoms with Crippen molar-refractivity contribution in [2.24, 2.45) is 5.73 Å². The molecule has 1 saturated heterocycles. The quantitative estimate of drug-likeness (QED) is 0.747. The van der Waals surface area contributed by atoms with Crippen LogP contribution in [0.15, 0.2) is 0 Å². The molecule has 5 nitrogen and oxygen atoms in total. The smallest absolute Gasteiger partial charge is 0.163 e. The summed E-state index contributed by atoms with van der Waals surface area (Å²) >= 11 is 0. The topological polar surface area (TPSA) is 73.9 Å². The van der Waals surface area contributed by atoms with Crippen LogP contribution in [0.25, 0.3) is 0 Å². The predicted molar refractivity (Wildman–Crippen MR) is 69.2 cm³/mol. The summed E-state index contributed by atoms with van der Waals surface area (Å²) in [5.74, 6) is -0.511. The van der Waals surface area contributed by atoms with Crippen LogP contribution in [0.4, 0.5) is 0 Å². The molecule has 0 amide bonds. The highest BCUT2D eigenvalue weighted by Crippen LogP contribution is 2.29. The number of rotatable bonds is 6. The zero-order valence-corrected chi connectivity index (χ0v) is 12.1. The summed E-state index contributed by atoms with van der Waals surface area (Å²) in [6, 6.07) is 0. The molecule has 0 unspecified atom stereocenters. The van der Waals surface area contributed by atoms with Crippen LogP contribution in [0, 0.1) is 0 Å². The van der Waals surface area contributed by atoms with E-state index >= 15 is 0 Å². The van der Waals surface area contributed by atoms with Gasteiger partial charge < -0.3 is 25.1 Å². The third kappa shape index (κ3) is 4.82. The predicted octanol–water partition coefficient (Wildman–Crippen LogP) is 1.03. The Kier molecular flexibility index (Phi) is 5.14. The van der Waals surface area contributed by atoms with E-state index in [-0.39, 0.29) is 24.4 Å². The van der Waals surface area contributed by atoms with Crippen molar-refractivity contribution in [1.82, 2.24) is 0 Å². The molecule has 1 heterocycles. The lowest BCUT2D eigenvalue weighted by Crippen LogP contribution is -2.41. The van der Waals surface area contributed by atoms with E-state index in [0.29, 0.717) is 6.61 Å². The molecule has 1 rings (SSSR count). The van der Waals surface area contributed by atoms with Crippen LogP contribution in [0.5, 0.6) is 0 Å². The molecule has 0 aliphatic carbocycles. The Balaban J connectivity index is 2.45. The number of nitrogens with two attached hydrogens (primary N) is 1. The normalized spacial score (nSPS) is 27.2. The maximum atomic E-state index is 9.63. The van der Waals surface area contributed by atoms with Crippen molar-refractivity contribution in [1.29, 1.82) is 0 Å². The monoisotopic (exact) mass is 261 g/mol. The fourth-order valence-electron chi connectivity index (χ4n) is 2.23. The maximum absolute atomic E-state index is 9.63. The Morgan fingerprint density at radius 3 is 2.56 bits per heavy atom. The Labute approximate surface area is 110 Å². The second-order valence-electron chi connectivity index (χ2n) is 6.04. The Hall–Kier alpha value is -0.200. The molecule has 0 radical (unpaired) electrons. The molecule has 0 spiro atoms. The maximum Gasteiger partial charge on any atom is 0.163 e. The van der Waals surface area contributed by atoms with Crippen LogP contribution in [0.1, 0.15) is 41.0 Å². The van der Waals surface area contributed by atoms with E-state index in [4.69, 9.17) is 19.9 Å². The highest BCUT2D eigenvalue weighted by Gasteiger charge is 2.37. The minimum Gasteiger partial charge on any atom is -0.389 e. The van der Waals surface area contributed by atoms with Gasteiger partial charge >= 0.3 is 0 Å². The van der Waals surface area contributed by atoms with Crippen molar-refractivity contribution in [3.8, 4) is 0 Å². The zero-order valence-electron chi connectivity index (χ0n) is 12.1. The van der Waals surface area contributed by atoms with E-state index in [2.05, 4.69) is 0 Å². The summed E-state index contributed by atoms with van der Waals surface area (Å²) in [5, 5.41) is 9.63. The van der Waals surface area contributed by atoms with E-state index in [1.807, 2.05) is 34.6 Å². The Bertz CT molecular complexity index is 268. The first-order valence-corrected chi connectivity index (χ1v) is 6.53. The van der Waals surface area contributed by atoms with Crippen LogP contribution >= 0.6 is 0 Å². The van der Waals surface area contributed by atoms with Gasteiger partial charge in [-0.15, -0.1) is 0 Å². The van der Waals surface area contributed by atoms with Crippen LogP contribution in [0.3, 0.4) is 0 Å². The minimum absolute atomic E-state index is 0.0252. The summed E-state index contributed by atoms with van der Waals surface area (Å²) in [7, 11) is 0. The minimum atomic E-state index is -0.638. The third-order valence-electron chi connectivity index (χ3n) is 3.07. The fraction of sp³-hybridized carbons (Fsp3) is 1.00. The summed E-state index contributed by atoms with van der Waals surface area (Å²) in [6.45, 7) is 10.4. The molecule has 3 atom stereocenters. The largest absolute Gasteiger partial charge is 0.389 e. The first kappa shape index (κ1) is 15.9. The highest BCUT2D eigenvalue weighted by molar-refractivity contribution is 4.81. The molecular weight excluding hydrogens is 234 g/mol. The molecule has 1 fully saturated rings. The highest BCUT2D eigenvalue weighted by atomic mass is 16.7. The molecule has 0 aromatic carbocycles.